The third kappa shape index (κ3) is 4.32. The van der Waals surface area contributed by atoms with Crippen LogP contribution in [0.2, 0.25) is 5.02 Å². The molecule has 7 nitrogen and oxygen atoms in total. The van der Waals surface area contributed by atoms with E-state index in [-0.39, 0.29) is 27.9 Å². The van der Waals surface area contributed by atoms with Crippen molar-refractivity contribution in [2.24, 2.45) is 0 Å². The molecule has 10 heteroatoms. The highest BCUT2D eigenvalue weighted by Gasteiger charge is 2.18. The Balaban J connectivity index is 1.78. The van der Waals surface area contributed by atoms with Gasteiger partial charge in [-0.15, -0.1) is 0 Å². The molecule has 28 heavy (non-hydrogen) atoms. The molecule has 1 aromatic heterocycles. The molecule has 0 radical (unpaired) electrons. The standard InChI is InChI=1S/C18H15ClFN3O4S/c1-2-27-18(24)16-9-10-23(21-16)14-6-4-13(5-7-14)22-28(25,26)17-8-3-12(20)11-15(17)19/h3-11,22H,2H2,1H3. The molecule has 3 aromatic rings. The van der Waals surface area contributed by atoms with E-state index in [9.17, 15) is 17.6 Å². The summed E-state index contributed by atoms with van der Waals surface area (Å²) in [6.07, 6.45) is 1.59. The number of esters is 1. The molecule has 1 N–H and O–H groups in total. The largest absolute Gasteiger partial charge is 0.461 e. The van der Waals surface area contributed by atoms with Gasteiger partial charge in [0.1, 0.15) is 10.7 Å². The molecule has 3 rings (SSSR count). The molecular formula is C18H15ClFN3O4S. The third-order valence-electron chi connectivity index (χ3n) is 3.64. The highest BCUT2D eigenvalue weighted by molar-refractivity contribution is 7.92. The Bertz CT molecular complexity index is 1110. The summed E-state index contributed by atoms with van der Waals surface area (Å²) in [6, 6.07) is 10.8. The minimum atomic E-state index is -3.98. The number of benzene rings is 2. The van der Waals surface area contributed by atoms with E-state index in [0.29, 0.717) is 5.69 Å². The summed E-state index contributed by atoms with van der Waals surface area (Å²) in [5, 5.41) is 3.91. The molecule has 0 spiro atoms. The Labute approximate surface area is 165 Å². The molecule has 0 amide bonds. The van der Waals surface area contributed by atoms with Crippen LogP contribution in [0.3, 0.4) is 0 Å². The Kier molecular flexibility index (Phi) is 5.66. The lowest BCUT2D eigenvalue weighted by Crippen LogP contribution is -2.13. The van der Waals surface area contributed by atoms with Crippen LogP contribution in [0.1, 0.15) is 17.4 Å². The number of rotatable bonds is 6. The topological polar surface area (TPSA) is 90.3 Å². The van der Waals surface area contributed by atoms with Gasteiger partial charge < -0.3 is 4.74 Å². The zero-order valence-corrected chi connectivity index (χ0v) is 16.2. The number of nitrogens with zero attached hydrogens (tertiary/aromatic N) is 2. The predicted molar refractivity (Wildman–Crippen MR) is 102 cm³/mol. The fourth-order valence-electron chi connectivity index (χ4n) is 2.37. The van der Waals surface area contributed by atoms with E-state index in [1.54, 1.807) is 25.3 Å². The van der Waals surface area contributed by atoms with Gasteiger partial charge in [-0.2, -0.15) is 5.10 Å². The Morgan fingerprint density at radius 2 is 1.93 bits per heavy atom. The van der Waals surface area contributed by atoms with E-state index in [1.165, 1.54) is 22.9 Å². The average molecular weight is 424 g/mol. The quantitative estimate of drug-likeness (QED) is 0.611. The number of nitrogens with one attached hydrogen (secondary N) is 1. The first-order chi connectivity index (χ1) is 13.3. The summed E-state index contributed by atoms with van der Waals surface area (Å²) in [7, 11) is -3.98. The molecule has 0 aliphatic heterocycles. The van der Waals surface area contributed by atoms with Crippen LogP contribution >= 0.6 is 11.6 Å². The second-order valence-corrected chi connectivity index (χ2v) is 7.65. The van der Waals surface area contributed by atoms with E-state index in [1.807, 2.05) is 0 Å². The second kappa shape index (κ2) is 7.99. The monoisotopic (exact) mass is 423 g/mol. The van der Waals surface area contributed by atoms with E-state index in [4.69, 9.17) is 16.3 Å². The number of halogens is 2. The summed E-state index contributed by atoms with van der Waals surface area (Å²) in [5.41, 5.74) is 1.05. The average Bonchev–Trinajstić information content (AvgIpc) is 3.12. The zero-order valence-electron chi connectivity index (χ0n) is 14.6. The first kappa shape index (κ1) is 19.8. The Morgan fingerprint density at radius 1 is 1.21 bits per heavy atom. The number of aromatic nitrogens is 2. The molecule has 2 aromatic carbocycles. The number of carbonyl (C=O) groups excluding carboxylic acids is 1. The van der Waals surface area contributed by atoms with Crippen molar-refractivity contribution in [1.82, 2.24) is 9.78 Å². The molecule has 146 valence electrons. The van der Waals surface area contributed by atoms with Crippen LogP contribution in [0.15, 0.2) is 59.6 Å². The third-order valence-corrected chi connectivity index (χ3v) is 5.51. The molecule has 0 saturated carbocycles. The lowest BCUT2D eigenvalue weighted by atomic mass is 10.3. The van der Waals surface area contributed by atoms with Gasteiger partial charge in [-0.05, 0) is 55.5 Å². The van der Waals surface area contributed by atoms with Crippen LogP contribution in [0.25, 0.3) is 5.69 Å². The minimum Gasteiger partial charge on any atom is -0.461 e. The Hall–Kier alpha value is -2.91. The van der Waals surface area contributed by atoms with Crippen LogP contribution in [0.4, 0.5) is 10.1 Å². The van der Waals surface area contributed by atoms with Gasteiger partial charge >= 0.3 is 5.97 Å². The molecular weight excluding hydrogens is 409 g/mol. The number of hydrogen-bond acceptors (Lipinski definition) is 5. The van der Waals surface area contributed by atoms with Crippen molar-refractivity contribution in [3.8, 4) is 5.69 Å². The highest BCUT2D eigenvalue weighted by atomic mass is 35.5. The van der Waals surface area contributed by atoms with Gasteiger partial charge in [0.15, 0.2) is 5.69 Å². The van der Waals surface area contributed by atoms with Gasteiger partial charge in [-0.25, -0.2) is 22.3 Å². The van der Waals surface area contributed by atoms with Crippen LogP contribution in [0, 0.1) is 5.82 Å². The fraction of sp³-hybridized carbons (Fsp3) is 0.111. The maximum absolute atomic E-state index is 13.1. The van der Waals surface area contributed by atoms with Gasteiger partial charge in [-0.1, -0.05) is 11.6 Å². The maximum atomic E-state index is 13.1. The van der Waals surface area contributed by atoms with Crippen molar-refractivity contribution in [3.63, 3.8) is 0 Å². The molecule has 1 heterocycles. The van der Waals surface area contributed by atoms with E-state index in [2.05, 4.69) is 9.82 Å². The number of anilines is 1. The van der Waals surface area contributed by atoms with Crippen LogP contribution in [0.5, 0.6) is 0 Å². The summed E-state index contributed by atoms with van der Waals surface area (Å²) in [4.78, 5) is 11.4. The van der Waals surface area contributed by atoms with Crippen molar-refractivity contribution >= 4 is 33.3 Å². The smallest absolute Gasteiger partial charge is 0.358 e. The molecule has 0 fully saturated rings. The number of carbonyl (C=O) groups is 1. The van der Waals surface area contributed by atoms with Crippen molar-refractivity contribution in [1.29, 1.82) is 0 Å². The summed E-state index contributed by atoms with van der Waals surface area (Å²) < 4.78 is 46.7. The van der Waals surface area contributed by atoms with E-state index >= 15 is 0 Å². The molecule has 0 bridgehead atoms. The lowest BCUT2D eigenvalue weighted by Gasteiger charge is -2.10. The van der Waals surface area contributed by atoms with Crippen LogP contribution < -0.4 is 4.72 Å². The highest BCUT2D eigenvalue weighted by Crippen LogP contribution is 2.25. The van der Waals surface area contributed by atoms with Gasteiger partial charge in [0.25, 0.3) is 10.0 Å². The first-order valence-electron chi connectivity index (χ1n) is 8.11. The summed E-state index contributed by atoms with van der Waals surface area (Å²) in [5.74, 6) is -1.16. The predicted octanol–water partition coefficient (Wildman–Crippen LogP) is 3.64. The molecule has 0 atom stereocenters. The summed E-state index contributed by atoms with van der Waals surface area (Å²) in [6.45, 7) is 1.95. The lowest BCUT2D eigenvalue weighted by molar-refractivity contribution is 0.0519. The van der Waals surface area contributed by atoms with Gasteiger partial charge in [0, 0.05) is 11.9 Å². The van der Waals surface area contributed by atoms with Crippen molar-refractivity contribution in [2.45, 2.75) is 11.8 Å². The molecule has 0 unspecified atom stereocenters. The first-order valence-corrected chi connectivity index (χ1v) is 9.97. The van der Waals surface area contributed by atoms with Crippen LogP contribution in [-0.4, -0.2) is 30.8 Å². The molecule has 0 aliphatic rings. The van der Waals surface area contributed by atoms with Crippen molar-refractivity contribution < 1.29 is 22.3 Å². The van der Waals surface area contributed by atoms with Crippen molar-refractivity contribution in [2.75, 3.05) is 11.3 Å². The van der Waals surface area contributed by atoms with E-state index in [0.717, 1.165) is 18.2 Å². The van der Waals surface area contributed by atoms with E-state index < -0.39 is 21.8 Å². The number of hydrogen-bond donors (Lipinski definition) is 1. The SMILES string of the molecule is CCOC(=O)c1ccn(-c2ccc(NS(=O)(=O)c3ccc(F)cc3Cl)cc2)n1. The Morgan fingerprint density at radius 3 is 2.57 bits per heavy atom. The van der Waals surface area contributed by atoms with Gasteiger partial charge in [-0.3, -0.25) is 4.72 Å². The minimum absolute atomic E-state index is 0.164. The maximum Gasteiger partial charge on any atom is 0.358 e. The van der Waals surface area contributed by atoms with Crippen molar-refractivity contribution in [3.05, 3.63) is 71.3 Å². The van der Waals surface area contributed by atoms with Gasteiger partial charge in [0.2, 0.25) is 0 Å². The number of ether oxygens (including phenoxy) is 1. The van der Waals surface area contributed by atoms with Crippen LogP contribution in [-0.2, 0) is 14.8 Å². The molecule has 0 aliphatic carbocycles. The summed E-state index contributed by atoms with van der Waals surface area (Å²) >= 11 is 5.83. The zero-order chi connectivity index (χ0) is 20.3. The number of sulfonamides is 1. The second-order valence-electron chi connectivity index (χ2n) is 5.59. The fourth-order valence-corrected chi connectivity index (χ4v) is 3.96. The normalized spacial score (nSPS) is 11.2. The van der Waals surface area contributed by atoms with Gasteiger partial charge in [0.05, 0.1) is 17.3 Å². The molecule has 0 saturated heterocycles.